The number of ether oxygens (including phenoxy) is 1. The van der Waals surface area contributed by atoms with Crippen molar-refractivity contribution in [2.24, 2.45) is 0 Å². The summed E-state index contributed by atoms with van der Waals surface area (Å²) in [6.45, 7) is 3.76. The fraction of sp³-hybridized carbons (Fsp3) is 1.00. The minimum absolute atomic E-state index is 0.242. The topological polar surface area (TPSA) is 32.7 Å². The Morgan fingerprint density at radius 2 is 2.55 bits per heavy atom. The summed E-state index contributed by atoms with van der Waals surface area (Å²) in [5.74, 6) is 0. The smallest absolute Gasteiger partial charge is 0.107 e. The maximum Gasteiger partial charge on any atom is 0.107 e. The van der Waals surface area contributed by atoms with Crippen LogP contribution in [0.3, 0.4) is 0 Å². The van der Waals surface area contributed by atoms with Crippen LogP contribution in [0.5, 0.6) is 0 Å². The molecule has 0 spiro atoms. The van der Waals surface area contributed by atoms with E-state index in [2.05, 4.69) is 4.90 Å². The molecular weight excluding hydrogens is 142 g/mol. The summed E-state index contributed by atoms with van der Waals surface area (Å²) in [7, 11) is 0. The molecule has 0 amide bonds. The first-order chi connectivity index (χ1) is 5.31. The summed E-state index contributed by atoms with van der Waals surface area (Å²) in [4.78, 5) is 2.16. The molecule has 0 aromatic carbocycles. The van der Waals surface area contributed by atoms with Gasteiger partial charge in [-0.15, -0.1) is 0 Å². The molecule has 3 atom stereocenters. The van der Waals surface area contributed by atoms with Gasteiger partial charge in [0, 0.05) is 12.6 Å². The highest BCUT2D eigenvalue weighted by Gasteiger charge is 2.41. The number of hydrogen-bond donors (Lipinski definition) is 1. The summed E-state index contributed by atoms with van der Waals surface area (Å²) >= 11 is 0. The molecule has 2 aliphatic heterocycles. The van der Waals surface area contributed by atoms with E-state index in [0.29, 0.717) is 12.1 Å². The molecule has 2 heterocycles. The fourth-order valence-corrected chi connectivity index (χ4v) is 2.03. The minimum atomic E-state index is -0.242. The molecule has 2 rings (SSSR count). The van der Waals surface area contributed by atoms with E-state index in [-0.39, 0.29) is 6.23 Å². The quantitative estimate of drug-likeness (QED) is 0.621. The van der Waals surface area contributed by atoms with E-state index in [0.717, 1.165) is 26.0 Å². The van der Waals surface area contributed by atoms with Crippen molar-refractivity contribution in [3.63, 3.8) is 0 Å². The van der Waals surface area contributed by atoms with Crippen molar-refractivity contribution in [1.29, 1.82) is 0 Å². The predicted molar refractivity (Wildman–Crippen MR) is 41.1 cm³/mol. The molecule has 2 saturated heterocycles. The van der Waals surface area contributed by atoms with E-state index in [1.165, 1.54) is 0 Å². The fourth-order valence-electron chi connectivity index (χ4n) is 2.03. The SMILES string of the molecule is CCC(O)N1CC2CC1CO2. The van der Waals surface area contributed by atoms with Crippen molar-refractivity contribution in [3.8, 4) is 0 Å². The highest BCUT2D eigenvalue weighted by molar-refractivity contribution is 4.92. The van der Waals surface area contributed by atoms with E-state index in [4.69, 9.17) is 4.74 Å². The molecule has 3 heteroatoms. The number of aliphatic hydroxyl groups excluding tert-OH is 1. The molecule has 0 aromatic rings. The molecular formula is C8H15NO2. The average Bonchev–Trinajstić information content (AvgIpc) is 2.62. The monoisotopic (exact) mass is 157 g/mol. The van der Waals surface area contributed by atoms with Crippen molar-refractivity contribution in [2.75, 3.05) is 13.2 Å². The van der Waals surface area contributed by atoms with Crippen molar-refractivity contribution in [2.45, 2.75) is 38.1 Å². The van der Waals surface area contributed by atoms with Gasteiger partial charge in [-0.1, -0.05) is 6.92 Å². The lowest BCUT2D eigenvalue weighted by Gasteiger charge is -2.30. The van der Waals surface area contributed by atoms with Crippen LogP contribution in [0.25, 0.3) is 0 Å². The molecule has 11 heavy (non-hydrogen) atoms. The Morgan fingerprint density at radius 3 is 3.00 bits per heavy atom. The largest absolute Gasteiger partial charge is 0.378 e. The molecule has 0 saturated carbocycles. The van der Waals surface area contributed by atoms with Gasteiger partial charge in [0.25, 0.3) is 0 Å². The molecule has 1 N–H and O–H groups in total. The number of morpholine rings is 1. The summed E-state index contributed by atoms with van der Waals surface area (Å²) in [5, 5.41) is 9.55. The zero-order chi connectivity index (χ0) is 7.84. The maximum atomic E-state index is 9.55. The second-order valence-electron chi connectivity index (χ2n) is 3.43. The maximum absolute atomic E-state index is 9.55. The first-order valence-electron chi connectivity index (χ1n) is 4.36. The van der Waals surface area contributed by atoms with Crippen molar-refractivity contribution < 1.29 is 9.84 Å². The number of likely N-dealkylation sites (tertiary alicyclic amines) is 1. The minimum Gasteiger partial charge on any atom is -0.378 e. The number of hydrogen-bond acceptors (Lipinski definition) is 3. The third-order valence-corrected chi connectivity index (χ3v) is 2.69. The van der Waals surface area contributed by atoms with Crippen LogP contribution in [0.4, 0.5) is 0 Å². The first-order valence-corrected chi connectivity index (χ1v) is 4.36. The van der Waals surface area contributed by atoms with Crippen LogP contribution >= 0.6 is 0 Å². The van der Waals surface area contributed by atoms with Crippen molar-refractivity contribution in [3.05, 3.63) is 0 Å². The summed E-state index contributed by atoms with van der Waals surface area (Å²) in [5.41, 5.74) is 0. The van der Waals surface area contributed by atoms with Gasteiger partial charge in [-0.3, -0.25) is 4.90 Å². The highest BCUT2D eigenvalue weighted by Crippen LogP contribution is 2.29. The zero-order valence-electron chi connectivity index (χ0n) is 6.86. The van der Waals surface area contributed by atoms with E-state index >= 15 is 0 Å². The Kier molecular flexibility index (Phi) is 1.87. The van der Waals surface area contributed by atoms with Gasteiger partial charge < -0.3 is 9.84 Å². The van der Waals surface area contributed by atoms with Crippen LogP contribution in [0.15, 0.2) is 0 Å². The van der Waals surface area contributed by atoms with Gasteiger partial charge >= 0.3 is 0 Å². The second-order valence-corrected chi connectivity index (χ2v) is 3.43. The van der Waals surface area contributed by atoms with E-state index < -0.39 is 0 Å². The van der Waals surface area contributed by atoms with Gasteiger partial charge in [0.1, 0.15) is 6.23 Å². The Balaban J connectivity index is 1.96. The molecule has 3 nitrogen and oxygen atoms in total. The summed E-state index contributed by atoms with van der Waals surface area (Å²) in [6.07, 6.45) is 2.11. The molecule has 0 radical (unpaired) electrons. The lowest BCUT2D eigenvalue weighted by Crippen LogP contribution is -2.43. The van der Waals surface area contributed by atoms with Crippen LogP contribution in [0, 0.1) is 0 Å². The number of rotatable bonds is 2. The highest BCUT2D eigenvalue weighted by atomic mass is 16.5. The van der Waals surface area contributed by atoms with Gasteiger partial charge in [0.15, 0.2) is 0 Å². The number of nitrogens with zero attached hydrogens (tertiary/aromatic N) is 1. The normalized spacial score (nSPS) is 39.8. The third-order valence-electron chi connectivity index (χ3n) is 2.69. The third kappa shape index (κ3) is 1.17. The van der Waals surface area contributed by atoms with Crippen molar-refractivity contribution >= 4 is 0 Å². The molecule has 2 bridgehead atoms. The molecule has 2 fully saturated rings. The molecule has 0 aromatic heterocycles. The van der Waals surface area contributed by atoms with Crippen molar-refractivity contribution in [1.82, 2.24) is 4.90 Å². The van der Waals surface area contributed by atoms with Gasteiger partial charge in [-0.2, -0.15) is 0 Å². The van der Waals surface area contributed by atoms with E-state index in [1.54, 1.807) is 0 Å². The zero-order valence-corrected chi connectivity index (χ0v) is 6.86. The standard InChI is InChI=1S/C8H15NO2/c1-2-8(10)9-4-7-3-6(9)5-11-7/h6-8,10H,2-5H2,1H3. The van der Waals surface area contributed by atoms with Gasteiger partial charge in [0.2, 0.25) is 0 Å². The van der Waals surface area contributed by atoms with Crippen LogP contribution in [0.2, 0.25) is 0 Å². The summed E-state index contributed by atoms with van der Waals surface area (Å²) < 4.78 is 5.42. The Hall–Kier alpha value is -0.120. The Labute approximate surface area is 66.9 Å². The first kappa shape index (κ1) is 7.53. The molecule has 64 valence electrons. The second kappa shape index (κ2) is 2.73. The lowest BCUT2D eigenvalue weighted by atomic mass is 10.2. The van der Waals surface area contributed by atoms with Crippen LogP contribution < -0.4 is 0 Å². The van der Waals surface area contributed by atoms with Gasteiger partial charge in [0.05, 0.1) is 12.7 Å². The van der Waals surface area contributed by atoms with Crippen LogP contribution in [-0.2, 0) is 4.74 Å². The van der Waals surface area contributed by atoms with Gasteiger partial charge in [-0.25, -0.2) is 0 Å². The molecule has 0 aliphatic carbocycles. The number of aliphatic hydroxyl groups is 1. The summed E-state index contributed by atoms with van der Waals surface area (Å²) in [6, 6.07) is 0.495. The number of fused-ring (bicyclic) bond motifs is 2. The molecule has 3 unspecified atom stereocenters. The van der Waals surface area contributed by atoms with E-state index in [1.807, 2.05) is 6.92 Å². The molecule has 2 aliphatic rings. The average molecular weight is 157 g/mol. The van der Waals surface area contributed by atoms with Crippen LogP contribution in [-0.4, -0.2) is 41.5 Å². The lowest BCUT2D eigenvalue weighted by molar-refractivity contribution is -0.0620. The van der Waals surface area contributed by atoms with Crippen LogP contribution in [0.1, 0.15) is 19.8 Å². The Bertz CT molecular complexity index is 151. The van der Waals surface area contributed by atoms with Gasteiger partial charge in [-0.05, 0) is 12.8 Å². The predicted octanol–water partition coefficient (Wildman–Crippen LogP) is 0.188. The van der Waals surface area contributed by atoms with E-state index in [9.17, 15) is 5.11 Å². The Morgan fingerprint density at radius 1 is 1.73 bits per heavy atom.